The van der Waals surface area contributed by atoms with Crippen LogP contribution in [0.25, 0.3) is 10.8 Å². The Labute approximate surface area is 157 Å². The van der Waals surface area contributed by atoms with E-state index in [0.29, 0.717) is 0 Å². The number of alkyl halides is 1. The van der Waals surface area contributed by atoms with Crippen molar-refractivity contribution in [2.45, 2.75) is 50.8 Å². The van der Waals surface area contributed by atoms with Gasteiger partial charge in [-0.2, -0.15) is 0 Å². The van der Waals surface area contributed by atoms with E-state index in [2.05, 4.69) is 35.8 Å². The Morgan fingerprint density at radius 2 is 1.76 bits per heavy atom. The van der Waals surface area contributed by atoms with Gasteiger partial charge in [0.2, 0.25) is 0 Å². The molecule has 0 N–H and O–H groups in total. The largest absolute Gasteiger partial charge is 0.497 e. The number of benzene rings is 2. The highest BCUT2D eigenvalue weighted by atomic mass is 79.9. The third-order valence-corrected chi connectivity index (χ3v) is 5.80. The van der Waals surface area contributed by atoms with Crippen molar-refractivity contribution in [1.82, 2.24) is 0 Å². The van der Waals surface area contributed by atoms with Gasteiger partial charge in [-0.05, 0) is 56.3 Å². The zero-order chi connectivity index (χ0) is 18.3. The molecule has 0 aromatic heterocycles. The zero-order valence-corrected chi connectivity index (χ0v) is 17.1. The van der Waals surface area contributed by atoms with Gasteiger partial charge in [0.05, 0.1) is 42.7 Å². The van der Waals surface area contributed by atoms with Crippen LogP contribution in [0.2, 0.25) is 0 Å². The summed E-state index contributed by atoms with van der Waals surface area (Å²) in [5, 5.41) is 2.01. The first-order valence-electron chi connectivity index (χ1n) is 8.56. The molecule has 0 bridgehead atoms. The van der Waals surface area contributed by atoms with Crippen molar-refractivity contribution in [1.29, 1.82) is 0 Å². The fourth-order valence-corrected chi connectivity index (χ4v) is 4.03. The van der Waals surface area contributed by atoms with Crippen LogP contribution in [0.15, 0.2) is 18.2 Å². The average molecular weight is 409 g/mol. The minimum absolute atomic E-state index is 0.0220. The van der Waals surface area contributed by atoms with Gasteiger partial charge in [0, 0.05) is 6.07 Å². The number of halogens is 1. The lowest BCUT2D eigenvalue weighted by Gasteiger charge is -2.34. The van der Waals surface area contributed by atoms with Gasteiger partial charge in [0.25, 0.3) is 0 Å². The molecular formula is C20H25BrO4. The summed E-state index contributed by atoms with van der Waals surface area (Å²) in [6, 6.07) is 6.06. The maximum Gasteiger partial charge on any atom is 0.134 e. The van der Waals surface area contributed by atoms with Crippen molar-refractivity contribution >= 4 is 26.7 Å². The van der Waals surface area contributed by atoms with E-state index in [0.717, 1.165) is 33.6 Å². The third kappa shape index (κ3) is 3.20. The van der Waals surface area contributed by atoms with E-state index < -0.39 is 0 Å². The van der Waals surface area contributed by atoms with Crippen LogP contribution >= 0.6 is 15.9 Å². The Bertz CT molecular complexity index is 787. The van der Waals surface area contributed by atoms with Crippen molar-refractivity contribution in [2.75, 3.05) is 14.2 Å². The van der Waals surface area contributed by atoms with Gasteiger partial charge >= 0.3 is 0 Å². The molecule has 2 aromatic rings. The maximum atomic E-state index is 6.15. The molecule has 0 radical (unpaired) electrons. The third-order valence-electron chi connectivity index (χ3n) is 4.56. The van der Waals surface area contributed by atoms with Gasteiger partial charge in [-0.15, -0.1) is 0 Å². The van der Waals surface area contributed by atoms with Crippen molar-refractivity contribution in [3.05, 3.63) is 29.3 Å². The Morgan fingerprint density at radius 3 is 2.36 bits per heavy atom. The first kappa shape index (κ1) is 18.3. The summed E-state index contributed by atoms with van der Waals surface area (Å²) in [5.41, 5.74) is 2.35. The fraction of sp³-hybridized carbons (Fsp3) is 0.500. The molecule has 3 atom stereocenters. The van der Waals surface area contributed by atoms with Gasteiger partial charge in [-0.25, -0.2) is 0 Å². The van der Waals surface area contributed by atoms with E-state index in [1.807, 2.05) is 26.0 Å². The minimum Gasteiger partial charge on any atom is -0.497 e. The minimum atomic E-state index is -0.0220. The number of methoxy groups -OCH3 is 2. The second kappa shape index (κ2) is 7.04. The molecule has 1 heterocycles. The smallest absolute Gasteiger partial charge is 0.134 e. The van der Waals surface area contributed by atoms with E-state index >= 15 is 0 Å². The molecule has 0 saturated carbocycles. The van der Waals surface area contributed by atoms with Crippen molar-refractivity contribution in [3.63, 3.8) is 0 Å². The van der Waals surface area contributed by atoms with Crippen molar-refractivity contribution in [3.8, 4) is 17.2 Å². The van der Waals surface area contributed by atoms with Crippen LogP contribution in [0.5, 0.6) is 17.2 Å². The van der Waals surface area contributed by atoms with E-state index in [4.69, 9.17) is 18.9 Å². The van der Waals surface area contributed by atoms with Gasteiger partial charge < -0.3 is 18.9 Å². The lowest BCUT2D eigenvalue weighted by molar-refractivity contribution is -0.00453. The van der Waals surface area contributed by atoms with Crippen LogP contribution in [-0.4, -0.2) is 26.4 Å². The van der Waals surface area contributed by atoms with Crippen LogP contribution in [0.4, 0.5) is 0 Å². The highest BCUT2D eigenvalue weighted by molar-refractivity contribution is 9.09. The maximum absolute atomic E-state index is 6.15. The van der Waals surface area contributed by atoms with E-state index in [-0.39, 0.29) is 23.1 Å². The van der Waals surface area contributed by atoms with Crippen molar-refractivity contribution < 1.29 is 18.9 Å². The predicted molar refractivity (Wildman–Crippen MR) is 103 cm³/mol. The van der Waals surface area contributed by atoms with Crippen LogP contribution < -0.4 is 14.2 Å². The molecule has 5 heteroatoms. The lowest BCUT2D eigenvalue weighted by Crippen LogP contribution is -2.25. The van der Waals surface area contributed by atoms with Crippen LogP contribution in [0.1, 0.15) is 49.8 Å². The van der Waals surface area contributed by atoms with E-state index in [1.54, 1.807) is 14.2 Å². The Morgan fingerprint density at radius 1 is 1.04 bits per heavy atom. The average Bonchev–Trinajstić information content (AvgIpc) is 2.57. The zero-order valence-electron chi connectivity index (χ0n) is 15.6. The van der Waals surface area contributed by atoms with Gasteiger partial charge in [0.1, 0.15) is 17.2 Å². The fourth-order valence-electron chi connectivity index (χ4n) is 3.52. The van der Waals surface area contributed by atoms with Crippen LogP contribution in [-0.2, 0) is 4.74 Å². The first-order valence-corrected chi connectivity index (χ1v) is 9.47. The summed E-state index contributed by atoms with van der Waals surface area (Å²) in [6.07, 6.45) is 0.127. The molecule has 0 aliphatic carbocycles. The number of hydrogen-bond acceptors (Lipinski definition) is 4. The molecule has 1 aliphatic rings. The SMILES string of the molecule is COc1cc(OC)c2c(OC(C)C)cc3c(c2c1)[C@H](C)O[C@@H](C)[C@@H]3Br. The highest BCUT2D eigenvalue weighted by Crippen LogP contribution is 2.50. The molecule has 0 saturated heterocycles. The summed E-state index contributed by atoms with van der Waals surface area (Å²) in [4.78, 5) is 0.106. The number of fused-ring (bicyclic) bond motifs is 3. The van der Waals surface area contributed by atoms with Crippen LogP contribution in [0.3, 0.4) is 0 Å². The van der Waals surface area contributed by atoms with Crippen LogP contribution in [0, 0.1) is 0 Å². The Balaban J connectivity index is 2.41. The molecule has 0 amide bonds. The van der Waals surface area contributed by atoms with Crippen molar-refractivity contribution in [2.24, 2.45) is 0 Å². The number of rotatable bonds is 4. The summed E-state index contributed by atoms with van der Waals surface area (Å²) in [5.74, 6) is 2.32. The highest BCUT2D eigenvalue weighted by Gasteiger charge is 2.33. The predicted octanol–water partition coefficient (Wildman–Crippen LogP) is 5.56. The molecule has 0 spiro atoms. The summed E-state index contributed by atoms with van der Waals surface area (Å²) < 4.78 is 23.4. The molecule has 136 valence electrons. The Hall–Kier alpha value is -1.46. The lowest BCUT2D eigenvalue weighted by atomic mass is 9.89. The van der Waals surface area contributed by atoms with Gasteiger partial charge in [0.15, 0.2) is 0 Å². The quantitative estimate of drug-likeness (QED) is 0.620. The molecule has 2 aromatic carbocycles. The summed E-state index contributed by atoms with van der Waals surface area (Å²) >= 11 is 3.79. The molecular weight excluding hydrogens is 384 g/mol. The molecule has 4 nitrogen and oxygen atoms in total. The van der Waals surface area contributed by atoms with E-state index in [1.165, 1.54) is 5.56 Å². The first-order chi connectivity index (χ1) is 11.9. The summed E-state index contributed by atoms with van der Waals surface area (Å²) in [6.45, 7) is 8.23. The monoisotopic (exact) mass is 408 g/mol. The summed E-state index contributed by atoms with van der Waals surface area (Å²) in [7, 11) is 3.33. The Kier molecular flexibility index (Phi) is 5.16. The molecule has 25 heavy (non-hydrogen) atoms. The molecule has 1 aliphatic heterocycles. The second-order valence-electron chi connectivity index (χ2n) is 6.68. The molecule has 0 unspecified atom stereocenters. The second-order valence-corrected chi connectivity index (χ2v) is 7.67. The topological polar surface area (TPSA) is 36.9 Å². The number of hydrogen-bond donors (Lipinski definition) is 0. The van der Waals surface area contributed by atoms with Gasteiger partial charge in [-0.3, -0.25) is 0 Å². The van der Waals surface area contributed by atoms with E-state index in [9.17, 15) is 0 Å². The number of ether oxygens (including phenoxy) is 4. The van der Waals surface area contributed by atoms with Gasteiger partial charge in [-0.1, -0.05) is 15.9 Å². The normalized spacial score (nSPS) is 22.8. The molecule has 3 rings (SSSR count). The molecule has 0 fully saturated rings. The standard InChI is InChI=1S/C20H25BrO4/c1-10(2)24-17-9-15-18(11(3)25-12(4)20(15)21)14-7-13(22-5)8-16(23-6)19(14)17/h7-12,20H,1-6H3/t11-,12-,20-/m0/s1.